The van der Waals surface area contributed by atoms with Gasteiger partial charge >= 0.3 is 0 Å². The zero-order valence-electron chi connectivity index (χ0n) is 15.9. The Kier molecular flexibility index (Phi) is 8.05. The fraction of sp³-hybridized carbons (Fsp3) is 0.412. The third-order valence-electron chi connectivity index (χ3n) is 3.66. The summed E-state index contributed by atoms with van der Waals surface area (Å²) < 4.78 is 0. The summed E-state index contributed by atoms with van der Waals surface area (Å²) in [5.74, 6) is -2.04. The van der Waals surface area contributed by atoms with Crippen molar-refractivity contribution in [3.63, 3.8) is 0 Å². The average Bonchev–Trinajstić information content (AvgIpc) is 2.61. The minimum absolute atomic E-state index is 0.114. The van der Waals surface area contributed by atoms with Gasteiger partial charge in [0.25, 0.3) is 5.69 Å². The maximum atomic E-state index is 12.1. The normalized spacial score (nSPS) is 13.4. The molecule has 11 heteroatoms. The summed E-state index contributed by atoms with van der Waals surface area (Å²) in [6.07, 6.45) is 0. The van der Waals surface area contributed by atoms with Gasteiger partial charge in [0, 0.05) is 24.7 Å². The molecular weight excluding hydrogens is 370 g/mol. The van der Waals surface area contributed by atoms with E-state index in [0.29, 0.717) is 5.69 Å². The van der Waals surface area contributed by atoms with Crippen LogP contribution in [0.15, 0.2) is 24.3 Å². The van der Waals surface area contributed by atoms with E-state index in [1.54, 1.807) is 0 Å². The number of nitro benzene ring substituents is 1. The highest BCUT2D eigenvalue weighted by atomic mass is 16.6. The average molecular weight is 393 g/mol. The number of anilines is 1. The zero-order chi connectivity index (χ0) is 21.4. The molecule has 0 bridgehead atoms. The molecule has 0 unspecified atom stereocenters. The second-order valence-electron chi connectivity index (χ2n) is 6.18. The van der Waals surface area contributed by atoms with Crippen LogP contribution < -0.4 is 21.3 Å². The monoisotopic (exact) mass is 393 g/mol. The molecule has 1 aromatic carbocycles. The minimum Gasteiger partial charge on any atom is -0.345 e. The van der Waals surface area contributed by atoms with Crippen LogP contribution in [0.3, 0.4) is 0 Å². The van der Waals surface area contributed by atoms with Gasteiger partial charge in [0.1, 0.15) is 18.1 Å². The molecule has 0 saturated heterocycles. The number of non-ortho nitro benzene ring substituents is 1. The Morgan fingerprint density at radius 2 is 1.25 bits per heavy atom. The predicted molar refractivity (Wildman–Crippen MR) is 100 cm³/mol. The third-order valence-corrected chi connectivity index (χ3v) is 3.66. The summed E-state index contributed by atoms with van der Waals surface area (Å²) in [5, 5.41) is 20.4. The first-order chi connectivity index (χ1) is 13.0. The maximum absolute atomic E-state index is 12.1. The van der Waals surface area contributed by atoms with Crippen molar-refractivity contribution in [1.82, 2.24) is 16.0 Å². The summed E-state index contributed by atoms with van der Waals surface area (Å²) in [4.78, 5) is 57.2. The largest absolute Gasteiger partial charge is 0.345 e. The molecule has 11 nitrogen and oxygen atoms in total. The molecule has 4 amide bonds. The van der Waals surface area contributed by atoms with Gasteiger partial charge in [-0.25, -0.2) is 0 Å². The smallest absolute Gasteiger partial charge is 0.269 e. The van der Waals surface area contributed by atoms with Crippen molar-refractivity contribution in [3.8, 4) is 0 Å². The topological polar surface area (TPSA) is 160 Å². The van der Waals surface area contributed by atoms with Gasteiger partial charge in [-0.15, -0.1) is 0 Å². The van der Waals surface area contributed by atoms with Crippen LogP contribution in [0, 0.1) is 10.1 Å². The molecule has 0 aliphatic rings. The van der Waals surface area contributed by atoms with E-state index in [1.807, 2.05) is 0 Å². The van der Waals surface area contributed by atoms with E-state index >= 15 is 0 Å². The number of hydrogen-bond donors (Lipinski definition) is 4. The number of carbonyl (C=O) groups excluding carboxylic acids is 4. The Bertz CT molecular complexity index is 764. The molecular formula is C17H23N5O6. The number of carbonyl (C=O) groups is 4. The van der Waals surface area contributed by atoms with Crippen molar-refractivity contribution in [1.29, 1.82) is 0 Å². The van der Waals surface area contributed by atoms with Gasteiger partial charge in [0.15, 0.2) is 0 Å². The van der Waals surface area contributed by atoms with Gasteiger partial charge in [-0.2, -0.15) is 0 Å². The Morgan fingerprint density at radius 3 is 1.68 bits per heavy atom. The molecule has 0 heterocycles. The molecule has 1 rings (SSSR count). The predicted octanol–water partition coefficient (Wildman–Crippen LogP) is 0.0673. The van der Waals surface area contributed by atoms with Gasteiger partial charge in [-0.3, -0.25) is 29.3 Å². The standard InChI is InChI=1S/C17H23N5O6/c1-9(18-12(4)23)15(24)19-10(2)16(25)20-11(3)17(26)21-13-5-7-14(8-6-13)22(27)28/h5-11H,1-4H3,(H,18,23)(H,19,24)(H,20,25)(H,21,26)/t9-,10-,11-/m0/s1. The van der Waals surface area contributed by atoms with Crippen molar-refractivity contribution in [2.75, 3.05) is 5.32 Å². The van der Waals surface area contributed by atoms with Crippen LogP contribution in [-0.2, 0) is 19.2 Å². The minimum atomic E-state index is -0.932. The Hall–Kier alpha value is -3.50. The fourth-order valence-electron chi connectivity index (χ4n) is 2.10. The second-order valence-corrected chi connectivity index (χ2v) is 6.18. The highest BCUT2D eigenvalue weighted by Crippen LogP contribution is 2.15. The lowest BCUT2D eigenvalue weighted by atomic mass is 10.2. The summed E-state index contributed by atoms with van der Waals surface area (Å²) >= 11 is 0. The van der Waals surface area contributed by atoms with Gasteiger partial charge in [0.05, 0.1) is 4.92 Å². The lowest BCUT2D eigenvalue weighted by Gasteiger charge is -2.20. The van der Waals surface area contributed by atoms with Crippen molar-refractivity contribution < 1.29 is 24.1 Å². The molecule has 28 heavy (non-hydrogen) atoms. The number of nitrogens with zero attached hydrogens (tertiary/aromatic N) is 1. The maximum Gasteiger partial charge on any atom is 0.269 e. The molecule has 0 saturated carbocycles. The molecule has 0 radical (unpaired) electrons. The van der Waals surface area contributed by atoms with Crippen LogP contribution in [-0.4, -0.2) is 46.7 Å². The molecule has 0 spiro atoms. The van der Waals surface area contributed by atoms with E-state index in [2.05, 4.69) is 21.3 Å². The van der Waals surface area contributed by atoms with E-state index in [9.17, 15) is 29.3 Å². The first-order valence-electron chi connectivity index (χ1n) is 8.44. The second kappa shape index (κ2) is 10.00. The molecule has 3 atom stereocenters. The van der Waals surface area contributed by atoms with E-state index in [1.165, 1.54) is 52.0 Å². The Morgan fingerprint density at radius 1 is 0.821 bits per heavy atom. The van der Waals surface area contributed by atoms with Crippen molar-refractivity contribution >= 4 is 35.0 Å². The molecule has 0 aliphatic heterocycles. The summed E-state index contributed by atoms with van der Waals surface area (Å²) in [7, 11) is 0. The summed E-state index contributed by atoms with van der Waals surface area (Å²) in [5.41, 5.74) is 0.222. The van der Waals surface area contributed by atoms with Gasteiger partial charge < -0.3 is 21.3 Å². The number of rotatable bonds is 8. The molecule has 152 valence electrons. The molecule has 0 aliphatic carbocycles. The number of benzene rings is 1. The van der Waals surface area contributed by atoms with Crippen LogP contribution in [0.1, 0.15) is 27.7 Å². The third kappa shape index (κ3) is 7.02. The van der Waals surface area contributed by atoms with Crippen LogP contribution in [0.4, 0.5) is 11.4 Å². The van der Waals surface area contributed by atoms with E-state index in [0.717, 1.165) is 0 Å². The molecule has 0 aromatic heterocycles. The van der Waals surface area contributed by atoms with Crippen molar-refractivity contribution in [2.45, 2.75) is 45.8 Å². The lowest BCUT2D eigenvalue weighted by molar-refractivity contribution is -0.384. The number of amides is 4. The van der Waals surface area contributed by atoms with Crippen LogP contribution >= 0.6 is 0 Å². The molecule has 4 N–H and O–H groups in total. The summed E-state index contributed by atoms with van der Waals surface area (Å²) in [6.45, 7) is 5.63. The fourth-order valence-corrected chi connectivity index (χ4v) is 2.10. The number of nitrogens with one attached hydrogen (secondary N) is 4. The van der Waals surface area contributed by atoms with Crippen LogP contribution in [0.2, 0.25) is 0 Å². The first-order valence-corrected chi connectivity index (χ1v) is 8.44. The van der Waals surface area contributed by atoms with E-state index < -0.39 is 40.8 Å². The Labute approximate surface area is 161 Å². The number of nitro groups is 1. The Balaban J connectivity index is 2.55. The highest BCUT2D eigenvalue weighted by Gasteiger charge is 2.23. The van der Waals surface area contributed by atoms with Gasteiger partial charge in [-0.1, -0.05) is 0 Å². The lowest BCUT2D eigenvalue weighted by Crippen LogP contribution is -2.53. The first kappa shape index (κ1) is 22.5. The molecule has 0 fully saturated rings. The highest BCUT2D eigenvalue weighted by molar-refractivity contribution is 5.98. The zero-order valence-corrected chi connectivity index (χ0v) is 15.9. The summed E-state index contributed by atoms with van der Waals surface area (Å²) in [6, 6.07) is 2.57. The quantitative estimate of drug-likeness (QED) is 0.361. The van der Waals surface area contributed by atoms with Crippen molar-refractivity contribution in [3.05, 3.63) is 34.4 Å². The van der Waals surface area contributed by atoms with Crippen LogP contribution in [0.5, 0.6) is 0 Å². The van der Waals surface area contributed by atoms with Gasteiger partial charge in [-0.05, 0) is 32.9 Å². The van der Waals surface area contributed by atoms with E-state index in [-0.39, 0.29) is 11.6 Å². The van der Waals surface area contributed by atoms with Gasteiger partial charge in [0.2, 0.25) is 23.6 Å². The van der Waals surface area contributed by atoms with E-state index in [4.69, 9.17) is 0 Å². The molecule has 1 aromatic rings. The van der Waals surface area contributed by atoms with Crippen molar-refractivity contribution in [2.24, 2.45) is 0 Å². The number of hydrogen-bond acceptors (Lipinski definition) is 6. The van der Waals surface area contributed by atoms with Crippen LogP contribution in [0.25, 0.3) is 0 Å². The SMILES string of the molecule is CC(=O)N[C@@H](C)C(=O)N[C@@H](C)C(=O)N[C@@H](C)C(=O)Nc1ccc([N+](=O)[O-])cc1.